The van der Waals surface area contributed by atoms with E-state index in [0.717, 1.165) is 6.07 Å². The van der Waals surface area contributed by atoms with Crippen LogP contribution in [0.1, 0.15) is 21.5 Å². The number of hydrazine groups is 1. The van der Waals surface area contributed by atoms with E-state index < -0.39 is 11.7 Å². The maximum atomic E-state index is 13.6. The number of halogens is 1. The van der Waals surface area contributed by atoms with E-state index in [1.165, 1.54) is 12.1 Å². The number of amides is 1. The summed E-state index contributed by atoms with van der Waals surface area (Å²) < 4.78 is 19.0. The van der Waals surface area contributed by atoms with Gasteiger partial charge in [-0.1, -0.05) is 12.1 Å². The number of nitrogens with zero attached hydrogens (tertiary/aromatic N) is 1. The van der Waals surface area contributed by atoms with Gasteiger partial charge in [-0.2, -0.15) is 5.26 Å². The van der Waals surface area contributed by atoms with Crippen LogP contribution in [0.5, 0.6) is 5.75 Å². The number of nitrogens with one attached hydrogen (secondary N) is 1. The highest BCUT2D eigenvalue weighted by molar-refractivity contribution is 5.93. The Bertz CT molecular complexity index is 710. The third-order valence-electron chi connectivity index (χ3n) is 2.78. The third-order valence-corrected chi connectivity index (χ3v) is 2.78. The molecule has 3 N–H and O–H groups in total. The Morgan fingerprint density at radius 1 is 1.33 bits per heavy atom. The number of carbonyl (C=O) groups excluding carboxylic acids is 1. The van der Waals surface area contributed by atoms with Gasteiger partial charge in [0.15, 0.2) is 11.6 Å². The lowest BCUT2D eigenvalue weighted by molar-refractivity contribution is 0.0953. The van der Waals surface area contributed by atoms with Crippen molar-refractivity contribution in [2.75, 3.05) is 0 Å². The summed E-state index contributed by atoms with van der Waals surface area (Å²) in [5, 5.41) is 8.66. The number of benzene rings is 2. The van der Waals surface area contributed by atoms with Gasteiger partial charge in [0.05, 0.1) is 11.6 Å². The maximum Gasteiger partial charge on any atom is 0.265 e. The van der Waals surface area contributed by atoms with Gasteiger partial charge in [0.2, 0.25) is 0 Å². The normalized spacial score (nSPS) is 9.76. The monoisotopic (exact) mass is 285 g/mol. The zero-order chi connectivity index (χ0) is 15.2. The Kier molecular flexibility index (Phi) is 4.49. The maximum absolute atomic E-state index is 13.6. The van der Waals surface area contributed by atoms with Gasteiger partial charge in [-0.05, 0) is 35.9 Å². The molecule has 2 rings (SSSR count). The number of nitriles is 1. The third kappa shape index (κ3) is 3.55. The molecule has 0 saturated heterocycles. The van der Waals surface area contributed by atoms with Crippen LogP contribution < -0.4 is 16.0 Å². The van der Waals surface area contributed by atoms with Crippen LogP contribution in [-0.2, 0) is 6.61 Å². The molecule has 0 radical (unpaired) electrons. The minimum absolute atomic E-state index is 0.0441. The van der Waals surface area contributed by atoms with Crippen LogP contribution in [0.15, 0.2) is 42.5 Å². The predicted octanol–water partition coefficient (Wildman–Crippen LogP) is 1.88. The zero-order valence-electron chi connectivity index (χ0n) is 11.0. The topological polar surface area (TPSA) is 88.1 Å². The molecule has 0 atom stereocenters. The largest absolute Gasteiger partial charge is 0.486 e. The van der Waals surface area contributed by atoms with E-state index in [1.807, 2.05) is 11.5 Å². The van der Waals surface area contributed by atoms with Crippen molar-refractivity contribution in [1.29, 1.82) is 5.26 Å². The van der Waals surface area contributed by atoms with Crippen LogP contribution in [0.25, 0.3) is 0 Å². The molecule has 0 aliphatic carbocycles. The fourth-order valence-corrected chi connectivity index (χ4v) is 1.73. The zero-order valence-corrected chi connectivity index (χ0v) is 11.0. The summed E-state index contributed by atoms with van der Waals surface area (Å²) in [7, 11) is 0. The summed E-state index contributed by atoms with van der Waals surface area (Å²) in [5.41, 5.74) is 3.34. The fourth-order valence-electron chi connectivity index (χ4n) is 1.73. The quantitative estimate of drug-likeness (QED) is 0.510. The number of nitrogens with two attached hydrogens (primary N) is 1. The number of nitrogen functional groups attached to an aromatic ring is 1. The molecule has 0 aliphatic heterocycles. The van der Waals surface area contributed by atoms with E-state index >= 15 is 0 Å². The first kappa shape index (κ1) is 14.5. The van der Waals surface area contributed by atoms with Crippen molar-refractivity contribution in [1.82, 2.24) is 5.43 Å². The molecule has 0 fully saturated rings. The molecule has 2 aromatic rings. The van der Waals surface area contributed by atoms with Crippen LogP contribution in [0.4, 0.5) is 4.39 Å². The number of hydrogen-bond donors (Lipinski definition) is 2. The second kappa shape index (κ2) is 6.50. The molecule has 0 spiro atoms. The van der Waals surface area contributed by atoms with Crippen molar-refractivity contribution < 1.29 is 13.9 Å². The first-order chi connectivity index (χ1) is 10.1. The van der Waals surface area contributed by atoms with Crippen LogP contribution in [0.3, 0.4) is 0 Å². The second-order valence-corrected chi connectivity index (χ2v) is 4.22. The second-order valence-electron chi connectivity index (χ2n) is 4.22. The minimum Gasteiger partial charge on any atom is -0.486 e. The smallest absolute Gasteiger partial charge is 0.265 e. The molecule has 0 bridgehead atoms. The average molecular weight is 285 g/mol. The minimum atomic E-state index is -0.607. The van der Waals surface area contributed by atoms with Gasteiger partial charge < -0.3 is 4.74 Å². The molecule has 0 aromatic heterocycles. The van der Waals surface area contributed by atoms with Crippen molar-refractivity contribution in [3.63, 3.8) is 0 Å². The molecule has 106 valence electrons. The van der Waals surface area contributed by atoms with E-state index in [2.05, 4.69) is 0 Å². The van der Waals surface area contributed by atoms with Crippen LogP contribution in [-0.4, -0.2) is 5.91 Å². The molecule has 5 nitrogen and oxygen atoms in total. The summed E-state index contributed by atoms with van der Waals surface area (Å²) in [6.07, 6.45) is 0. The SMILES string of the molecule is N#Cc1ccc(OCc2cccc(C(=O)NN)c2)c(F)c1. The van der Waals surface area contributed by atoms with Gasteiger partial charge in [0.1, 0.15) is 6.61 Å². The molecule has 6 heteroatoms. The number of hydrogen-bond acceptors (Lipinski definition) is 4. The summed E-state index contributed by atoms with van der Waals surface area (Å²) in [6, 6.07) is 12.4. The molecule has 21 heavy (non-hydrogen) atoms. The van der Waals surface area contributed by atoms with Crippen molar-refractivity contribution in [3.05, 3.63) is 65.0 Å². The highest BCUT2D eigenvalue weighted by Crippen LogP contribution is 2.19. The van der Waals surface area contributed by atoms with Gasteiger partial charge in [-0.15, -0.1) is 0 Å². The Morgan fingerprint density at radius 3 is 2.81 bits per heavy atom. The Morgan fingerprint density at radius 2 is 2.14 bits per heavy atom. The van der Waals surface area contributed by atoms with Crippen molar-refractivity contribution in [2.24, 2.45) is 5.84 Å². The van der Waals surface area contributed by atoms with E-state index in [1.54, 1.807) is 24.3 Å². The van der Waals surface area contributed by atoms with Crippen LogP contribution in [0, 0.1) is 17.1 Å². The highest BCUT2D eigenvalue weighted by Gasteiger charge is 2.07. The van der Waals surface area contributed by atoms with Crippen molar-refractivity contribution in [3.8, 4) is 11.8 Å². The molecule has 0 aliphatic rings. The number of ether oxygens (including phenoxy) is 1. The molecule has 2 aromatic carbocycles. The molecule has 0 unspecified atom stereocenters. The lowest BCUT2D eigenvalue weighted by Gasteiger charge is -2.08. The average Bonchev–Trinajstić information content (AvgIpc) is 2.53. The van der Waals surface area contributed by atoms with Gasteiger partial charge in [0, 0.05) is 5.56 Å². The Hall–Kier alpha value is -2.91. The van der Waals surface area contributed by atoms with Crippen molar-refractivity contribution >= 4 is 5.91 Å². The Labute approximate surface area is 120 Å². The summed E-state index contributed by atoms with van der Waals surface area (Å²) in [4.78, 5) is 11.4. The van der Waals surface area contributed by atoms with E-state index in [9.17, 15) is 9.18 Å². The van der Waals surface area contributed by atoms with Gasteiger partial charge in [-0.25, -0.2) is 10.2 Å². The fraction of sp³-hybridized carbons (Fsp3) is 0.0667. The number of carbonyl (C=O) groups is 1. The van der Waals surface area contributed by atoms with Crippen LogP contribution >= 0.6 is 0 Å². The molecular formula is C15H12FN3O2. The standard InChI is InChI=1S/C15H12FN3O2/c16-13-7-10(8-17)4-5-14(13)21-9-11-2-1-3-12(6-11)15(20)19-18/h1-7H,9,18H2,(H,19,20). The van der Waals surface area contributed by atoms with Crippen molar-refractivity contribution in [2.45, 2.75) is 6.61 Å². The number of rotatable bonds is 4. The Balaban J connectivity index is 2.10. The first-order valence-electron chi connectivity index (χ1n) is 6.06. The molecular weight excluding hydrogens is 273 g/mol. The van der Waals surface area contributed by atoms with Gasteiger partial charge >= 0.3 is 0 Å². The van der Waals surface area contributed by atoms with E-state index in [4.69, 9.17) is 15.8 Å². The summed E-state index contributed by atoms with van der Waals surface area (Å²) in [5.74, 6) is 4.08. The lowest BCUT2D eigenvalue weighted by Crippen LogP contribution is -2.30. The lowest BCUT2D eigenvalue weighted by atomic mass is 10.1. The van der Waals surface area contributed by atoms with E-state index in [0.29, 0.717) is 11.1 Å². The van der Waals surface area contributed by atoms with E-state index in [-0.39, 0.29) is 17.9 Å². The first-order valence-corrected chi connectivity index (χ1v) is 6.06. The molecule has 0 saturated carbocycles. The van der Waals surface area contributed by atoms with Gasteiger partial charge in [-0.3, -0.25) is 10.2 Å². The molecule has 1 amide bonds. The van der Waals surface area contributed by atoms with Crippen LogP contribution in [0.2, 0.25) is 0 Å². The summed E-state index contributed by atoms with van der Waals surface area (Å²) >= 11 is 0. The van der Waals surface area contributed by atoms with Gasteiger partial charge in [0.25, 0.3) is 5.91 Å². The highest BCUT2D eigenvalue weighted by atomic mass is 19.1. The predicted molar refractivity (Wildman–Crippen MR) is 73.5 cm³/mol. The molecule has 0 heterocycles. The summed E-state index contributed by atoms with van der Waals surface area (Å²) in [6.45, 7) is 0.0918.